The van der Waals surface area contributed by atoms with E-state index in [9.17, 15) is 4.79 Å². The van der Waals surface area contributed by atoms with Gasteiger partial charge in [-0.2, -0.15) is 0 Å². The van der Waals surface area contributed by atoms with E-state index in [1.807, 2.05) is 19.0 Å². The summed E-state index contributed by atoms with van der Waals surface area (Å²) in [7, 11) is 3.73. The van der Waals surface area contributed by atoms with Gasteiger partial charge in [-0.1, -0.05) is 17.7 Å². The number of hydrogen-bond acceptors (Lipinski definition) is 3. The van der Waals surface area contributed by atoms with E-state index in [2.05, 4.69) is 5.32 Å². The molecule has 1 amide bonds. The van der Waals surface area contributed by atoms with Crippen LogP contribution in [-0.4, -0.2) is 26.0 Å². The molecule has 0 aliphatic rings. The highest BCUT2D eigenvalue weighted by Gasteiger charge is 2.13. The van der Waals surface area contributed by atoms with Crippen LogP contribution in [0.25, 0.3) is 0 Å². The van der Waals surface area contributed by atoms with Gasteiger partial charge in [0, 0.05) is 14.1 Å². The predicted octanol–water partition coefficient (Wildman–Crippen LogP) is 2.54. The minimum atomic E-state index is -0.547. The maximum Gasteiger partial charge on any atom is 0.241 e. The number of nitrogens with zero attached hydrogens (tertiary/aromatic N) is 1. The first kappa shape index (κ1) is 19.7. The zero-order chi connectivity index (χ0) is 12.3. The van der Waals surface area contributed by atoms with Crippen molar-refractivity contribution in [1.29, 1.82) is 0 Å². The Hall–Kier alpha value is -0.680. The molecule has 4 nitrogen and oxygen atoms in total. The Kier molecular flexibility index (Phi) is 9.20. The summed E-state index contributed by atoms with van der Waals surface area (Å²) in [5, 5.41) is 3.33. The number of halogens is 3. The Balaban J connectivity index is 0. The molecule has 0 saturated carbocycles. The van der Waals surface area contributed by atoms with Crippen molar-refractivity contribution >= 4 is 53.7 Å². The maximum absolute atomic E-state index is 11.5. The fourth-order valence-electron chi connectivity index (χ4n) is 1.32. The average molecular weight is 315 g/mol. The van der Waals surface area contributed by atoms with Crippen molar-refractivity contribution in [1.82, 2.24) is 0 Å². The number of carbonyl (C=O) groups is 1. The lowest BCUT2D eigenvalue weighted by molar-refractivity contribution is -0.117. The summed E-state index contributed by atoms with van der Waals surface area (Å²) < 4.78 is 0. The SMILES string of the molecule is CC(N)C(=O)Nc1cccc(Cl)c1N(C)C.Cl.Cl. The fraction of sp³-hybridized carbons (Fsp3) is 0.364. The third-order valence-corrected chi connectivity index (χ3v) is 2.41. The van der Waals surface area contributed by atoms with Crippen molar-refractivity contribution in [2.75, 3.05) is 24.3 Å². The molecule has 0 radical (unpaired) electrons. The minimum Gasteiger partial charge on any atom is -0.375 e. The van der Waals surface area contributed by atoms with Crippen LogP contribution in [0.4, 0.5) is 11.4 Å². The molecule has 0 bridgehead atoms. The van der Waals surface area contributed by atoms with E-state index in [1.54, 1.807) is 25.1 Å². The number of nitrogens with one attached hydrogen (secondary N) is 1. The molecular weight excluding hydrogens is 296 g/mol. The highest BCUT2D eigenvalue weighted by Crippen LogP contribution is 2.32. The van der Waals surface area contributed by atoms with Crippen molar-refractivity contribution in [2.24, 2.45) is 5.73 Å². The standard InChI is InChI=1S/C11H16ClN3O.2ClH/c1-7(13)11(16)14-9-6-4-5-8(12)10(9)15(2)3;;/h4-7H,13H2,1-3H3,(H,14,16);2*1H. The number of nitrogens with two attached hydrogens (primary N) is 1. The molecule has 0 fully saturated rings. The molecule has 0 heterocycles. The number of carbonyl (C=O) groups excluding carboxylic acids is 1. The van der Waals surface area contributed by atoms with E-state index in [-0.39, 0.29) is 30.7 Å². The van der Waals surface area contributed by atoms with E-state index < -0.39 is 6.04 Å². The summed E-state index contributed by atoms with van der Waals surface area (Å²) in [6.45, 7) is 1.63. The van der Waals surface area contributed by atoms with Gasteiger partial charge in [0.15, 0.2) is 0 Å². The first-order valence-electron chi connectivity index (χ1n) is 4.95. The number of hydrogen-bond donors (Lipinski definition) is 2. The van der Waals surface area contributed by atoms with Crippen LogP contribution in [0, 0.1) is 0 Å². The number of para-hydroxylation sites is 1. The van der Waals surface area contributed by atoms with Gasteiger partial charge >= 0.3 is 0 Å². The van der Waals surface area contributed by atoms with Gasteiger partial charge in [0.25, 0.3) is 0 Å². The van der Waals surface area contributed by atoms with E-state index >= 15 is 0 Å². The second kappa shape index (κ2) is 8.43. The molecule has 1 aromatic carbocycles. The summed E-state index contributed by atoms with van der Waals surface area (Å²) in [5.74, 6) is -0.231. The van der Waals surface area contributed by atoms with Crippen LogP contribution in [0.5, 0.6) is 0 Å². The molecule has 1 rings (SSSR count). The third kappa shape index (κ3) is 4.90. The lowest BCUT2D eigenvalue weighted by atomic mass is 10.2. The monoisotopic (exact) mass is 313 g/mol. The van der Waals surface area contributed by atoms with Gasteiger partial charge in [-0.25, -0.2) is 0 Å². The topological polar surface area (TPSA) is 58.4 Å². The molecule has 0 spiro atoms. The molecule has 1 aromatic rings. The largest absolute Gasteiger partial charge is 0.375 e. The molecular formula is C11H18Cl3N3O. The molecule has 7 heteroatoms. The molecule has 0 saturated heterocycles. The lowest BCUT2D eigenvalue weighted by Gasteiger charge is -2.19. The van der Waals surface area contributed by atoms with E-state index in [1.165, 1.54) is 0 Å². The molecule has 104 valence electrons. The second-order valence-corrected chi connectivity index (χ2v) is 4.22. The molecule has 0 aliphatic heterocycles. The molecule has 18 heavy (non-hydrogen) atoms. The lowest BCUT2D eigenvalue weighted by Crippen LogP contribution is -2.33. The zero-order valence-electron chi connectivity index (χ0n) is 10.4. The number of anilines is 2. The highest BCUT2D eigenvalue weighted by atomic mass is 35.5. The van der Waals surface area contributed by atoms with Gasteiger partial charge in [-0.3, -0.25) is 4.79 Å². The van der Waals surface area contributed by atoms with Crippen LogP contribution in [0.15, 0.2) is 18.2 Å². The minimum absolute atomic E-state index is 0. The van der Waals surface area contributed by atoms with Crippen LogP contribution < -0.4 is 16.0 Å². The molecule has 0 aliphatic carbocycles. The normalized spacial score (nSPS) is 10.7. The van der Waals surface area contributed by atoms with Crippen molar-refractivity contribution in [2.45, 2.75) is 13.0 Å². The first-order valence-corrected chi connectivity index (χ1v) is 5.33. The Morgan fingerprint density at radius 3 is 2.39 bits per heavy atom. The Labute approximate surface area is 125 Å². The van der Waals surface area contributed by atoms with Gasteiger partial charge in [0.05, 0.1) is 22.4 Å². The number of rotatable bonds is 3. The first-order chi connectivity index (χ1) is 7.43. The van der Waals surface area contributed by atoms with Crippen LogP contribution in [0.2, 0.25) is 5.02 Å². The average Bonchev–Trinajstić information content (AvgIpc) is 2.16. The van der Waals surface area contributed by atoms with Gasteiger partial charge in [-0.05, 0) is 19.1 Å². The van der Waals surface area contributed by atoms with Gasteiger partial charge in [-0.15, -0.1) is 24.8 Å². The zero-order valence-corrected chi connectivity index (χ0v) is 12.8. The predicted molar refractivity (Wildman–Crippen MR) is 82.6 cm³/mol. The summed E-state index contributed by atoms with van der Waals surface area (Å²) in [5.41, 5.74) is 6.93. The highest BCUT2D eigenvalue weighted by molar-refractivity contribution is 6.34. The summed E-state index contributed by atoms with van der Waals surface area (Å²) >= 11 is 6.06. The third-order valence-electron chi connectivity index (χ3n) is 2.11. The van der Waals surface area contributed by atoms with Crippen molar-refractivity contribution < 1.29 is 4.79 Å². The smallest absolute Gasteiger partial charge is 0.241 e. The van der Waals surface area contributed by atoms with Crippen LogP contribution in [-0.2, 0) is 4.79 Å². The van der Waals surface area contributed by atoms with Crippen LogP contribution >= 0.6 is 36.4 Å². The van der Waals surface area contributed by atoms with Gasteiger partial charge < -0.3 is 16.0 Å². The number of amides is 1. The van der Waals surface area contributed by atoms with E-state index in [0.29, 0.717) is 10.7 Å². The van der Waals surface area contributed by atoms with Gasteiger partial charge in [0.2, 0.25) is 5.91 Å². The maximum atomic E-state index is 11.5. The van der Waals surface area contributed by atoms with Crippen LogP contribution in [0.3, 0.4) is 0 Å². The summed E-state index contributed by atoms with van der Waals surface area (Å²) in [4.78, 5) is 13.3. The van der Waals surface area contributed by atoms with E-state index in [4.69, 9.17) is 17.3 Å². The molecule has 0 aromatic heterocycles. The van der Waals surface area contributed by atoms with Gasteiger partial charge in [0.1, 0.15) is 0 Å². The Bertz CT molecular complexity index is 397. The number of benzene rings is 1. The van der Waals surface area contributed by atoms with Crippen molar-refractivity contribution in [3.05, 3.63) is 23.2 Å². The fourth-order valence-corrected chi connectivity index (χ4v) is 1.66. The summed E-state index contributed by atoms with van der Waals surface area (Å²) in [6.07, 6.45) is 0. The second-order valence-electron chi connectivity index (χ2n) is 3.81. The molecule has 3 N–H and O–H groups in total. The van der Waals surface area contributed by atoms with Crippen LogP contribution in [0.1, 0.15) is 6.92 Å². The summed E-state index contributed by atoms with van der Waals surface area (Å²) in [6, 6.07) is 4.81. The van der Waals surface area contributed by atoms with Crippen molar-refractivity contribution in [3.8, 4) is 0 Å². The quantitative estimate of drug-likeness (QED) is 0.901. The Morgan fingerprint density at radius 2 is 1.94 bits per heavy atom. The molecule has 1 unspecified atom stereocenters. The van der Waals surface area contributed by atoms with Crippen molar-refractivity contribution in [3.63, 3.8) is 0 Å². The Morgan fingerprint density at radius 1 is 1.39 bits per heavy atom. The molecule has 1 atom stereocenters. The van der Waals surface area contributed by atoms with E-state index in [0.717, 1.165) is 5.69 Å².